The molecule has 1 fully saturated rings. The number of methoxy groups -OCH3 is 1. The summed E-state index contributed by atoms with van der Waals surface area (Å²) in [5.41, 5.74) is 4.34. The van der Waals surface area contributed by atoms with Crippen molar-refractivity contribution in [2.75, 3.05) is 38.6 Å². The minimum atomic E-state index is -0.344. The maximum absolute atomic E-state index is 11.8. The summed E-state index contributed by atoms with van der Waals surface area (Å²) in [6, 6.07) is 24.5. The zero-order chi connectivity index (χ0) is 26.9. The third-order valence-corrected chi connectivity index (χ3v) is 7.69. The Labute approximate surface area is 235 Å². The van der Waals surface area contributed by atoms with Crippen molar-refractivity contribution in [2.24, 2.45) is 5.92 Å². The first kappa shape index (κ1) is 28.2. The van der Waals surface area contributed by atoms with Crippen LogP contribution in [0, 0.1) is 5.92 Å². The van der Waals surface area contributed by atoms with Crippen LogP contribution in [0.3, 0.4) is 0 Å². The van der Waals surface area contributed by atoms with E-state index in [4.69, 9.17) is 9.47 Å². The Morgan fingerprint density at radius 2 is 1.74 bits per heavy atom. The Bertz CT molecular complexity index is 1160. The molecule has 0 saturated carbocycles. The van der Waals surface area contributed by atoms with E-state index >= 15 is 0 Å². The molecule has 1 aliphatic rings. The fourth-order valence-electron chi connectivity index (χ4n) is 4.94. The number of halogens is 1. The second-order valence-corrected chi connectivity index (χ2v) is 11.4. The van der Waals surface area contributed by atoms with Crippen molar-refractivity contribution in [3.8, 4) is 5.75 Å². The van der Waals surface area contributed by atoms with Gasteiger partial charge in [-0.2, -0.15) is 0 Å². The molecule has 1 aliphatic heterocycles. The molecule has 5 nitrogen and oxygen atoms in total. The summed E-state index contributed by atoms with van der Waals surface area (Å²) < 4.78 is 12.3. The van der Waals surface area contributed by atoms with Crippen LogP contribution in [0.25, 0.3) is 0 Å². The SMILES string of the molecule is COC(=O)c1ccc(OC(CCN2CCC(c3cccc(NCC(C)C)c3)CC2)c2ccc(Br)cc2)cc1. The van der Waals surface area contributed by atoms with Crippen LogP contribution in [-0.4, -0.2) is 44.2 Å². The predicted molar refractivity (Wildman–Crippen MR) is 158 cm³/mol. The molecule has 1 atom stereocenters. The molecule has 0 aliphatic carbocycles. The number of carbonyl (C=O) groups is 1. The molecule has 202 valence electrons. The lowest BCUT2D eigenvalue weighted by Crippen LogP contribution is -2.34. The number of carbonyl (C=O) groups excluding carboxylic acids is 1. The van der Waals surface area contributed by atoms with Crippen LogP contribution in [-0.2, 0) is 4.74 Å². The topological polar surface area (TPSA) is 50.8 Å². The minimum Gasteiger partial charge on any atom is -0.486 e. The number of piperidine rings is 1. The van der Waals surface area contributed by atoms with Crippen LogP contribution in [0.1, 0.15) is 66.6 Å². The fourth-order valence-corrected chi connectivity index (χ4v) is 5.20. The summed E-state index contributed by atoms with van der Waals surface area (Å²) >= 11 is 3.54. The number of nitrogens with zero attached hydrogens (tertiary/aromatic N) is 1. The number of benzene rings is 3. The van der Waals surface area contributed by atoms with Crippen LogP contribution in [0.15, 0.2) is 77.3 Å². The van der Waals surface area contributed by atoms with E-state index in [0.29, 0.717) is 17.4 Å². The Morgan fingerprint density at radius 3 is 2.39 bits per heavy atom. The van der Waals surface area contributed by atoms with E-state index in [1.54, 1.807) is 12.1 Å². The first-order chi connectivity index (χ1) is 18.4. The van der Waals surface area contributed by atoms with E-state index < -0.39 is 0 Å². The largest absolute Gasteiger partial charge is 0.486 e. The van der Waals surface area contributed by atoms with Gasteiger partial charge >= 0.3 is 5.97 Å². The van der Waals surface area contributed by atoms with Gasteiger partial charge in [0.25, 0.3) is 0 Å². The third kappa shape index (κ3) is 8.08. The van der Waals surface area contributed by atoms with Gasteiger partial charge in [0.1, 0.15) is 11.9 Å². The minimum absolute atomic E-state index is 0.0755. The van der Waals surface area contributed by atoms with Crippen molar-refractivity contribution in [3.05, 3.63) is 94.0 Å². The first-order valence-corrected chi connectivity index (χ1v) is 14.4. The Morgan fingerprint density at radius 1 is 1.03 bits per heavy atom. The molecular weight excluding hydrogens is 540 g/mol. The molecule has 3 aromatic carbocycles. The van der Waals surface area contributed by atoms with Gasteiger partial charge in [0.2, 0.25) is 0 Å². The van der Waals surface area contributed by atoms with Gasteiger partial charge in [0.15, 0.2) is 0 Å². The highest BCUT2D eigenvalue weighted by Gasteiger charge is 2.23. The molecule has 0 radical (unpaired) electrons. The van der Waals surface area contributed by atoms with E-state index in [-0.39, 0.29) is 12.1 Å². The standard InChI is InChI=1S/C32H39BrN2O3/c1-23(2)22-34-29-6-4-5-27(21-29)24-15-18-35(19-16-24)20-17-31(25-7-11-28(33)12-8-25)38-30-13-9-26(10-14-30)32(36)37-3/h4-14,21,23-24,31,34H,15-20,22H2,1-3H3. The Hall–Kier alpha value is -2.83. The van der Waals surface area contributed by atoms with Crippen molar-refractivity contribution in [1.82, 2.24) is 4.90 Å². The summed E-state index contributed by atoms with van der Waals surface area (Å²) in [5.74, 6) is 1.64. The number of hydrogen-bond acceptors (Lipinski definition) is 5. The van der Waals surface area contributed by atoms with Crippen LogP contribution in [0.4, 0.5) is 5.69 Å². The lowest BCUT2D eigenvalue weighted by atomic mass is 9.89. The monoisotopic (exact) mass is 578 g/mol. The van der Waals surface area contributed by atoms with Gasteiger partial charge in [-0.15, -0.1) is 0 Å². The molecule has 38 heavy (non-hydrogen) atoms. The smallest absolute Gasteiger partial charge is 0.337 e. The van der Waals surface area contributed by atoms with Crippen molar-refractivity contribution < 1.29 is 14.3 Å². The van der Waals surface area contributed by atoms with Gasteiger partial charge in [-0.25, -0.2) is 4.79 Å². The average Bonchev–Trinajstić information content (AvgIpc) is 2.95. The lowest BCUT2D eigenvalue weighted by molar-refractivity contribution is 0.0600. The maximum atomic E-state index is 11.8. The van der Waals surface area contributed by atoms with Crippen molar-refractivity contribution in [3.63, 3.8) is 0 Å². The number of rotatable bonds is 11. The van der Waals surface area contributed by atoms with Crippen LogP contribution in [0.2, 0.25) is 0 Å². The molecule has 0 amide bonds. The molecular formula is C32H39BrN2O3. The summed E-state index contributed by atoms with van der Waals surface area (Å²) in [6.45, 7) is 8.63. The highest BCUT2D eigenvalue weighted by atomic mass is 79.9. The molecule has 1 heterocycles. The second-order valence-electron chi connectivity index (χ2n) is 10.5. The van der Waals surface area contributed by atoms with Gasteiger partial charge in [-0.3, -0.25) is 0 Å². The van der Waals surface area contributed by atoms with Crippen molar-refractivity contribution in [2.45, 2.75) is 45.1 Å². The molecule has 0 bridgehead atoms. The summed E-state index contributed by atoms with van der Waals surface area (Å²) in [4.78, 5) is 14.3. The molecule has 4 rings (SSSR count). The number of esters is 1. The number of hydrogen-bond donors (Lipinski definition) is 1. The van der Waals surface area contributed by atoms with E-state index in [1.807, 2.05) is 12.1 Å². The van der Waals surface area contributed by atoms with Crippen LogP contribution < -0.4 is 10.1 Å². The van der Waals surface area contributed by atoms with Crippen LogP contribution in [0.5, 0.6) is 5.75 Å². The Kier molecular flexibility index (Phi) is 10.2. The third-order valence-electron chi connectivity index (χ3n) is 7.16. The van der Waals surface area contributed by atoms with Crippen molar-refractivity contribution in [1.29, 1.82) is 0 Å². The number of anilines is 1. The zero-order valence-electron chi connectivity index (χ0n) is 22.7. The summed E-state index contributed by atoms with van der Waals surface area (Å²) in [7, 11) is 1.39. The first-order valence-electron chi connectivity index (χ1n) is 13.6. The molecule has 0 aromatic heterocycles. The molecule has 0 spiro atoms. The van der Waals surface area contributed by atoms with E-state index in [9.17, 15) is 4.79 Å². The average molecular weight is 580 g/mol. The Balaban J connectivity index is 1.35. The number of nitrogens with one attached hydrogen (secondary N) is 1. The molecule has 1 unspecified atom stereocenters. The lowest BCUT2D eigenvalue weighted by Gasteiger charge is -2.33. The van der Waals surface area contributed by atoms with E-state index in [1.165, 1.54) is 31.2 Å². The van der Waals surface area contributed by atoms with Gasteiger partial charge < -0.3 is 19.7 Å². The fraction of sp³-hybridized carbons (Fsp3) is 0.406. The van der Waals surface area contributed by atoms with E-state index in [2.05, 4.69) is 88.5 Å². The maximum Gasteiger partial charge on any atom is 0.337 e. The van der Waals surface area contributed by atoms with Gasteiger partial charge in [0.05, 0.1) is 12.7 Å². The van der Waals surface area contributed by atoms with Crippen molar-refractivity contribution >= 4 is 27.6 Å². The summed E-state index contributed by atoms with van der Waals surface area (Å²) in [5, 5.41) is 3.57. The number of likely N-dealkylation sites (tertiary alicyclic amines) is 1. The van der Waals surface area contributed by atoms with Gasteiger partial charge in [-0.1, -0.05) is 54.0 Å². The molecule has 3 aromatic rings. The van der Waals surface area contributed by atoms with E-state index in [0.717, 1.165) is 48.4 Å². The second kappa shape index (κ2) is 13.8. The molecule has 1 saturated heterocycles. The summed E-state index contributed by atoms with van der Waals surface area (Å²) in [6.07, 6.45) is 3.16. The molecule has 1 N–H and O–H groups in total. The van der Waals surface area contributed by atoms with Gasteiger partial charge in [0, 0.05) is 29.7 Å². The normalized spacial score (nSPS) is 15.3. The highest BCUT2D eigenvalue weighted by Crippen LogP contribution is 2.31. The highest BCUT2D eigenvalue weighted by molar-refractivity contribution is 9.10. The quantitative estimate of drug-likeness (QED) is 0.236. The zero-order valence-corrected chi connectivity index (χ0v) is 24.2. The number of ether oxygens (including phenoxy) is 2. The van der Waals surface area contributed by atoms with Gasteiger partial charge in [-0.05, 0) is 97.4 Å². The molecule has 6 heteroatoms. The predicted octanol–water partition coefficient (Wildman–Crippen LogP) is 7.69. The van der Waals surface area contributed by atoms with Crippen LogP contribution >= 0.6 is 15.9 Å².